The van der Waals surface area contributed by atoms with E-state index in [9.17, 15) is 19.5 Å². The number of aryl methyl sites for hydroxylation is 4. The zero-order valence-corrected chi connectivity index (χ0v) is 33.3. The third-order valence-electron chi connectivity index (χ3n) is 12.4. The van der Waals surface area contributed by atoms with E-state index in [1.165, 1.54) is 9.80 Å². The number of aromatic nitrogens is 2. The van der Waals surface area contributed by atoms with Crippen molar-refractivity contribution in [3.05, 3.63) is 104 Å². The maximum absolute atomic E-state index is 15.2. The highest BCUT2D eigenvalue weighted by Crippen LogP contribution is 2.64. The number of phenols is 1. The summed E-state index contributed by atoms with van der Waals surface area (Å²) in [6.45, 7) is 7.53. The van der Waals surface area contributed by atoms with Crippen molar-refractivity contribution < 1.29 is 24.3 Å². The van der Waals surface area contributed by atoms with E-state index in [4.69, 9.17) is 16.7 Å². The number of imide groups is 2. The molecule has 9 nitrogen and oxygen atoms in total. The average molecular weight is 824 g/mol. The maximum atomic E-state index is 15.2. The van der Waals surface area contributed by atoms with Crippen LogP contribution in [0, 0.1) is 49.9 Å². The Balaban J connectivity index is 1.16. The average Bonchev–Trinajstić information content (AvgIpc) is 3.81. The highest BCUT2D eigenvalue weighted by atomic mass is 79.9. The number of halogens is 2. The number of carbonyl (C=O) groups excluding carboxylic acids is 4. The van der Waals surface area contributed by atoms with Gasteiger partial charge in [0.05, 0.1) is 33.7 Å². The molecule has 4 heterocycles. The first-order chi connectivity index (χ1) is 25.7. The molecule has 1 N–H and O–H groups in total. The number of nitrogens with zero attached hydrogens (tertiary/aromatic N) is 4. The predicted octanol–water partition coefficient (Wildman–Crippen LogP) is 8.78. The molecule has 6 atom stereocenters. The Morgan fingerprint density at radius 2 is 1.61 bits per heavy atom. The van der Waals surface area contributed by atoms with Crippen LogP contribution in [0.1, 0.15) is 47.9 Å². The molecule has 0 bridgehead atoms. The summed E-state index contributed by atoms with van der Waals surface area (Å²) < 4.78 is 3.48. The Hall–Kier alpha value is -4.58. The number of rotatable bonds is 4. The first-order valence-corrected chi connectivity index (χ1v) is 19.9. The van der Waals surface area contributed by atoms with Gasteiger partial charge in [-0.3, -0.25) is 28.8 Å². The Bertz CT molecular complexity index is 2520. The summed E-state index contributed by atoms with van der Waals surface area (Å²) in [5, 5.41) is 17.3. The van der Waals surface area contributed by atoms with Crippen LogP contribution in [0.15, 0.2) is 76.8 Å². The van der Waals surface area contributed by atoms with Crippen molar-refractivity contribution in [2.24, 2.45) is 36.1 Å². The van der Waals surface area contributed by atoms with Crippen LogP contribution in [0.3, 0.4) is 0 Å². The van der Waals surface area contributed by atoms with Crippen molar-refractivity contribution in [2.45, 2.75) is 46.5 Å². The third-order valence-corrected chi connectivity index (χ3v) is 14.5. The highest BCUT2D eigenvalue weighted by Gasteiger charge is 2.68. The molecular weight excluding hydrogens is 788 g/mol. The molecule has 12 heteroatoms. The van der Waals surface area contributed by atoms with Crippen molar-refractivity contribution in [3.63, 3.8) is 0 Å². The van der Waals surface area contributed by atoms with E-state index in [0.717, 1.165) is 36.1 Å². The smallest absolute Gasteiger partial charge is 0.242 e. The summed E-state index contributed by atoms with van der Waals surface area (Å²) in [7, 11) is 1.74. The normalized spacial score (nSPS) is 26.4. The quantitative estimate of drug-likeness (QED) is 0.143. The molecule has 5 aromatic rings. The topological polar surface area (TPSA) is 113 Å². The van der Waals surface area contributed by atoms with Crippen LogP contribution < -0.4 is 9.80 Å². The van der Waals surface area contributed by atoms with E-state index in [2.05, 4.69) is 15.9 Å². The number of fused-ring (bicyclic) bond motifs is 5. The van der Waals surface area contributed by atoms with Gasteiger partial charge in [-0.1, -0.05) is 51.3 Å². The molecule has 2 aliphatic carbocycles. The molecule has 3 aromatic carbocycles. The molecule has 2 aromatic heterocycles. The molecular formula is C42H36BrClN4O5S. The van der Waals surface area contributed by atoms with Gasteiger partial charge < -0.3 is 5.11 Å². The highest BCUT2D eigenvalue weighted by molar-refractivity contribution is 9.10. The van der Waals surface area contributed by atoms with Gasteiger partial charge in [-0.15, -0.1) is 11.3 Å². The number of hydrogen-bond acceptors (Lipinski definition) is 7. The Kier molecular flexibility index (Phi) is 7.95. The first kappa shape index (κ1) is 35.1. The lowest BCUT2D eigenvalue weighted by atomic mass is 9.51. The molecule has 0 unspecified atom stereocenters. The fraction of sp³-hybridized carbons (Fsp3) is 0.310. The zero-order valence-electron chi connectivity index (χ0n) is 30.2. The number of allylic oxidation sites excluding steroid dienone is 2. The van der Waals surface area contributed by atoms with Gasteiger partial charge in [0, 0.05) is 33.2 Å². The SMILES string of the molecule is Cc1cc([C@H]2C3=CC[C@@H]4C(=O)N(c5ccc(Br)cc5)C(=O)[C@@H]4[C@@H]3C[C@H]3C(=O)N(c4cc(-c5sc6ccc(Cl)cc6c5C)nn4C)C(=O)[C@@]23C)cc(C)c1O. The van der Waals surface area contributed by atoms with Crippen LogP contribution in [0.5, 0.6) is 5.75 Å². The first-order valence-electron chi connectivity index (χ1n) is 18.0. The van der Waals surface area contributed by atoms with E-state index in [0.29, 0.717) is 39.8 Å². The van der Waals surface area contributed by atoms with Crippen LogP contribution in [0.2, 0.25) is 5.02 Å². The zero-order chi connectivity index (χ0) is 38.1. The monoisotopic (exact) mass is 822 g/mol. The number of phenolic OH excluding ortho intramolecular Hbond substituents is 1. The van der Waals surface area contributed by atoms with Gasteiger partial charge in [0.15, 0.2) is 0 Å². The minimum atomic E-state index is -1.23. The van der Waals surface area contributed by atoms with Gasteiger partial charge in [0.2, 0.25) is 23.6 Å². The molecule has 1 saturated carbocycles. The summed E-state index contributed by atoms with van der Waals surface area (Å²) in [5.41, 5.74) is 3.93. The summed E-state index contributed by atoms with van der Waals surface area (Å²) in [5.74, 6) is -3.78. The Morgan fingerprint density at radius 1 is 0.907 bits per heavy atom. The Morgan fingerprint density at radius 3 is 2.31 bits per heavy atom. The van der Waals surface area contributed by atoms with Gasteiger partial charge in [-0.25, -0.2) is 4.90 Å². The second kappa shape index (κ2) is 12.2. The largest absolute Gasteiger partial charge is 0.507 e. The van der Waals surface area contributed by atoms with Gasteiger partial charge in [-0.05, 0) is 117 Å². The van der Waals surface area contributed by atoms with Crippen molar-refractivity contribution in [1.82, 2.24) is 9.78 Å². The fourth-order valence-electron chi connectivity index (χ4n) is 9.83. The number of anilines is 2. The van der Waals surface area contributed by atoms with Crippen LogP contribution in [-0.2, 0) is 26.2 Å². The van der Waals surface area contributed by atoms with Gasteiger partial charge in [0.25, 0.3) is 0 Å². The predicted molar refractivity (Wildman–Crippen MR) is 213 cm³/mol. The summed E-state index contributed by atoms with van der Waals surface area (Å²) in [6, 6.07) is 18.5. The summed E-state index contributed by atoms with van der Waals surface area (Å²) in [6.07, 6.45) is 2.63. The summed E-state index contributed by atoms with van der Waals surface area (Å²) >= 11 is 11.3. The minimum absolute atomic E-state index is 0.170. The standard InChI is InChI=1S/C42H36BrClN4O5S/c1-19-14-22(15-20(2)36(19)49)35-26-11-12-27-34(40(52)47(38(27)50)25-9-6-23(43)7-10-25)29(26)17-30-39(51)48(41(53)42(30,35)4)33-18-31(45-46(33)5)37-21(3)28-16-24(44)8-13-32(28)54-37/h6-11,13-16,18,27,29-30,34-35,49H,12,17H2,1-5H3/t27-,29+,30-,34-,35-,42+/m0/s1. The van der Waals surface area contributed by atoms with E-state index in [1.807, 2.05) is 64.1 Å². The number of hydrogen-bond donors (Lipinski definition) is 1. The van der Waals surface area contributed by atoms with Crippen LogP contribution in [0.25, 0.3) is 20.7 Å². The molecule has 2 aliphatic heterocycles. The van der Waals surface area contributed by atoms with Crippen LogP contribution in [0.4, 0.5) is 11.5 Å². The molecule has 0 radical (unpaired) electrons. The van der Waals surface area contributed by atoms with Crippen LogP contribution in [-0.4, -0.2) is 38.5 Å². The lowest BCUT2D eigenvalue weighted by Gasteiger charge is -2.49. The molecule has 54 heavy (non-hydrogen) atoms. The van der Waals surface area contributed by atoms with Crippen molar-refractivity contribution in [2.75, 3.05) is 9.80 Å². The van der Waals surface area contributed by atoms with E-state index < -0.39 is 35.0 Å². The number of aromatic hydroxyl groups is 1. The molecule has 274 valence electrons. The Labute approximate surface area is 329 Å². The molecule has 4 amide bonds. The second-order valence-electron chi connectivity index (χ2n) is 15.4. The maximum Gasteiger partial charge on any atom is 0.242 e. The molecule has 2 saturated heterocycles. The van der Waals surface area contributed by atoms with Crippen molar-refractivity contribution in [3.8, 4) is 16.3 Å². The van der Waals surface area contributed by atoms with E-state index in [-0.39, 0.29) is 35.8 Å². The van der Waals surface area contributed by atoms with Crippen molar-refractivity contribution in [1.29, 1.82) is 0 Å². The molecule has 9 rings (SSSR count). The van der Waals surface area contributed by atoms with Crippen LogP contribution >= 0.6 is 38.9 Å². The van der Waals surface area contributed by atoms with E-state index >= 15 is 4.79 Å². The molecule has 3 fully saturated rings. The molecule has 4 aliphatic rings. The third kappa shape index (κ3) is 4.83. The summed E-state index contributed by atoms with van der Waals surface area (Å²) in [4.78, 5) is 62.0. The lowest BCUT2D eigenvalue weighted by Crippen LogP contribution is -2.49. The van der Waals surface area contributed by atoms with Crippen molar-refractivity contribution >= 4 is 84.1 Å². The van der Waals surface area contributed by atoms with Gasteiger partial charge in [0.1, 0.15) is 17.3 Å². The number of carbonyl (C=O) groups is 4. The van der Waals surface area contributed by atoms with E-state index in [1.54, 1.807) is 53.4 Å². The number of benzene rings is 3. The lowest BCUT2D eigenvalue weighted by molar-refractivity contribution is -0.131. The minimum Gasteiger partial charge on any atom is -0.507 e. The van der Waals surface area contributed by atoms with Gasteiger partial charge >= 0.3 is 0 Å². The van der Waals surface area contributed by atoms with Gasteiger partial charge in [-0.2, -0.15) is 5.10 Å². The fourth-order valence-corrected chi connectivity index (χ4v) is 11.4. The number of amides is 4. The second-order valence-corrected chi connectivity index (χ2v) is 17.8. The number of thiophene rings is 1. The molecule has 0 spiro atoms.